The van der Waals surface area contributed by atoms with E-state index in [1.54, 1.807) is 0 Å². The molecule has 1 nitrogen and oxygen atoms in total. The first-order valence-electron chi connectivity index (χ1n) is 4.10. The third-order valence-electron chi connectivity index (χ3n) is 1.93. The summed E-state index contributed by atoms with van der Waals surface area (Å²) in [6, 6.07) is 10.4. The Morgan fingerprint density at radius 1 is 1.17 bits per heavy atom. The summed E-state index contributed by atoms with van der Waals surface area (Å²) < 4.78 is 2.17. The van der Waals surface area contributed by atoms with Crippen LogP contribution >= 0.6 is 0 Å². The van der Waals surface area contributed by atoms with Gasteiger partial charge in [0.2, 0.25) is 0 Å². The van der Waals surface area contributed by atoms with Crippen molar-refractivity contribution in [3.05, 3.63) is 48.3 Å². The van der Waals surface area contributed by atoms with Crippen LogP contribution in [-0.2, 0) is 0 Å². The third-order valence-corrected chi connectivity index (χ3v) is 1.93. The Kier molecular flexibility index (Phi) is 1.71. The zero-order valence-corrected chi connectivity index (χ0v) is 7.07. The number of rotatable bonds is 1. The van der Waals surface area contributed by atoms with E-state index in [1.807, 2.05) is 13.0 Å². The van der Waals surface area contributed by atoms with Crippen LogP contribution in [0, 0.1) is 0 Å². The van der Waals surface area contributed by atoms with Gasteiger partial charge in [-0.15, -0.1) is 0 Å². The van der Waals surface area contributed by atoms with Gasteiger partial charge >= 0.3 is 0 Å². The average molecular weight is 157 g/mol. The van der Waals surface area contributed by atoms with Crippen molar-refractivity contribution in [1.82, 2.24) is 4.40 Å². The topological polar surface area (TPSA) is 4.41 Å². The largest absolute Gasteiger partial charge is 0.317 e. The summed E-state index contributed by atoms with van der Waals surface area (Å²) in [6.07, 6.45) is 6.23. The molecule has 2 rings (SSSR count). The summed E-state index contributed by atoms with van der Waals surface area (Å²) in [5, 5.41) is 0. The summed E-state index contributed by atoms with van der Waals surface area (Å²) >= 11 is 0. The quantitative estimate of drug-likeness (QED) is 0.599. The highest BCUT2D eigenvalue weighted by atomic mass is 14.9. The molecule has 0 bridgehead atoms. The lowest BCUT2D eigenvalue weighted by Gasteiger charge is -1.95. The molecule has 2 aromatic rings. The molecule has 0 fully saturated rings. The molecular formula is C11H11N. The van der Waals surface area contributed by atoms with E-state index in [1.165, 1.54) is 11.2 Å². The van der Waals surface area contributed by atoms with Crippen LogP contribution in [0.3, 0.4) is 0 Å². The summed E-state index contributed by atoms with van der Waals surface area (Å²) in [5.74, 6) is 0. The number of fused-ring (bicyclic) bond motifs is 1. The molecule has 0 N–H and O–H groups in total. The molecule has 0 saturated heterocycles. The second-order valence-corrected chi connectivity index (χ2v) is 2.75. The van der Waals surface area contributed by atoms with Crippen molar-refractivity contribution in [1.29, 1.82) is 0 Å². The van der Waals surface area contributed by atoms with Crippen LogP contribution in [0.15, 0.2) is 42.6 Å². The van der Waals surface area contributed by atoms with E-state index in [0.717, 1.165) is 0 Å². The molecule has 0 spiro atoms. The Hall–Kier alpha value is -1.50. The van der Waals surface area contributed by atoms with E-state index in [9.17, 15) is 0 Å². The van der Waals surface area contributed by atoms with Crippen LogP contribution in [0.25, 0.3) is 11.6 Å². The van der Waals surface area contributed by atoms with Crippen LogP contribution in [0.2, 0.25) is 0 Å². The van der Waals surface area contributed by atoms with Crippen molar-refractivity contribution in [2.45, 2.75) is 6.92 Å². The smallest absolute Gasteiger partial charge is 0.0456 e. The number of pyridine rings is 1. The number of hydrogen-bond acceptors (Lipinski definition) is 0. The minimum atomic E-state index is 1.23. The molecule has 0 atom stereocenters. The van der Waals surface area contributed by atoms with Gasteiger partial charge in [0.1, 0.15) is 0 Å². The van der Waals surface area contributed by atoms with Gasteiger partial charge in [-0.1, -0.05) is 12.1 Å². The maximum absolute atomic E-state index is 2.17. The highest BCUT2D eigenvalue weighted by molar-refractivity contribution is 5.57. The molecule has 0 aliphatic carbocycles. The van der Waals surface area contributed by atoms with Gasteiger partial charge in [-0.2, -0.15) is 0 Å². The molecule has 0 amide bonds. The highest BCUT2D eigenvalue weighted by Gasteiger charge is 1.94. The number of nitrogens with zero attached hydrogens (tertiary/aromatic N) is 1. The minimum Gasteiger partial charge on any atom is -0.317 e. The molecule has 1 heteroatoms. The zero-order valence-electron chi connectivity index (χ0n) is 7.07. The van der Waals surface area contributed by atoms with E-state index in [2.05, 4.69) is 47.0 Å². The number of hydrogen-bond donors (Lipinski definition) is 0. The second kappa shape index (κ2) is 2.86. The monoisotopic (exact) mass is 157 g/mol. The molecule has 2 aromatic heterocycles. The van der Waals surface area contributed by atoms with Crippen LogP contribution in [-0.4, -0.2) is 4.40 Å². The van der Waals surface area contributed by atoms with E-state index >= 15 is 0 Å². The van der Waals surface area contributed by atoms with E-state index in [0.29, 0.717) is 0 Å². The van der Waals surface area contributed by atoms with Gasteiger partial charge in [0.25, 0.3) is 0 Å². The fourth-order valence-corrected chi connectivity index (χ4v) is 1.38. The Morgan fingerprint density at radius 3 is 2.92 bits per heavy atom. The molecule has 0 aliphatic rings. The van der Waals surface area contributed by atoms with E-state index in [-0.39, 0.29) is 0 Å². The lowest BCUT2D eigenvalue weighted by atomic mass is 10.4. The second-order valence-electron chi connectivity index (χ2n) is 2.75. The van der Waals surface area contributed by atoms with Gasteiger partial charge in [0.05, 0.1) is 0 Å². The zero-order chi connectivity index (χ0) is 8.39. The van der Waals surface area contributed by atoms with Crippen molar-refractivity contribution in [3.8, 4) is 0 Å². The van der Waals surface area contributed by atoms with E-state index in [4.69, 9.17) is 0 Å². The van der Waals surface area contributed by atoms with Gasteiger partial charge in [0.15, 0.2) is 0 Å². The minimum absolute atomic E-state index is 1.23. The molecule has 0 saturated carbocycles. The third kappa shape index (κ3) is 1.03. The standard InChI is InChI=1S/C11H11N/c1-2-5-10-7-8-11-6-3-4-9-12(10)11/h2-9H,1H3/b5-2-. The van der Waals surface area contributed by atoms with Crippen LogP contribution < -0.4 is 0 Å². The first-order valence-corrected chi connectivity index (χ1v) is 4.10. The van der Waals surface area contributed by atoms with E-state index < -0.39 is 0 Å². The molecule has 0 radical (unpaired) electrons. The van der Waals surface area contributed by atoms with Gasteiger partial charge in [-0.25, -0.2) is 0 Å². The normalized spacial score (nSPS) is 11.4. The molecule has 60 valence electrons. The van der Waals surface area contributed by atoms with Crippen molar-refractivity contribution < 1.29 is 0 Å². The molecule has 0 aliphatic heterocycles. The fourth-order valence-electron chi connectivity index (χ4n) is 1.38. The first-order chi connectivity index (χ1) is 5.92. The number of aromatic nitrogens is 1. The maximum atomic E-state index is 2.17. The molecule has 2 heterocycles. The fraction of sp³-hybridized carbons (Fsp3) is 0.0909. The average Bonchev–Trinajstić information content (AvgIpc) is 2.50. The number of allylic oxidation sites excluding steroid dienone is 1. The Labute approximate surface area is 72.0 Å². The lowest BCUT2D eigenvalue weighted by molar-refractivity contribution is 1.18. The van der Waals surface area contributed by atoms with Crippen LogP contribution in [0.1, 0.15) is 12.6 Å². The Bertz CT molecular complexity index is 410. The molecular weight excluding hydrogens is 146 g/mol. The van der Waals surface area contributed by atoms with Gasteiger partial charge < -0.3 is 4.40 Å². The summed E-state index contributed by atoms with van der Waals surface area (Å²) in [5.41, 5.74) is 2.47. The van der Waals surface area contributed by atoms with Crippen molar-refractivity contribution in [3.63, 3.8) is 0 Å². The van der Waals surface area contributed by atoms with Gasteiger partial charge in [-0.3, -0.25) is 0 Å². The predicted octanol–water partition coefficient (Wildman–Crippen LogP) is 2.97. The SMILES string of the molecule is C/C=C\c1ccc2ccccn12. The Balaban J connectivity index is 2.70. The van der Waals surface area contributed by atoms with Crippen molar-refractivity contribution >= 4 is 11.6 Å². The summed E-state index contributed by atoms with van der Waals surface area (Å²) in [6.45, 7) is 2.03. The highest BCUT2D eigenvalue weighted by Crippen LogP contribution is 2.10. The van der Waals surface area contributed by atoms with Gasteiger partial charge in [0, 0.05) is 17.4 Å². The predicted molar refractivity (Wildman–Crippen MR) is 52.1 cm³/mol. The maximum Gasteiger partial charge on any atom is 0.0456 e. The van der Waals surface area contributed by atoms with Crippen molar-refractivity contribution in [2.75, 3.05) is 0 Å². The molecule has 12 heavy (non-hydrogen) atoms. The summed E-state index contributed by atoms with van der Waals surface area (Å²) in [7, 11) is 0. The molecule has 0 aromatic carbocycles. The van der Waals surface area contributed by atoms with Gasteiger partial charge in [-0.05, 0) is 37.3 Å². The Morgan fingerprint density at radius 2 is 2.08 bits per heavy atom. The lowest BCUT2D eigenvalue weighted by Crippen LogP contribution is -1.83. The first kappa shape index (κ1) is 7.17. The van der Waals surface area contributed by atoms with Crippen LogP contribution in [0.4, 0.5) is 0 Å². The van der Waals surface area contributed by atoms with Crippen LogP contribution in [0.5, 0.6) is 0 Å². The molecule has 0 unspecified atom stereocenters. The van der Waals surface area contributed by atoms with Crippen molar-refractivity contribution in [2.24, 2.45) is 0 Å². The summed E-state index contributed by atoms with van der Waals surface area (Å²) in [4.78, 5) is 0.